The van der Waals surface area contributed by atoms with E-state index in [4.69, 9.17) is 5.11 Å². The highest BCUT2D eigenvalue weighted by molar-refractivity contribution is 5.86. The summed E-state index contributed by atoms with van der Waals surface area (Å²) in [5.41, 5.74) is 0. The van der Waals surface area contributed by atoms with Crippen LogP contribution in [0.3, 0.4) is 0 Å². The molecule has 3 amide bonds. The molecule has 108 valence electrons. The van der Waals surface area contributed by atoms with Crippen molar-refractivity contribution in [2.24, 2.45) is 5.92 Å². The van der Waals surface area contributed by atoms with Crippen LogP contribution in [0.15, 0.2) is 0 Å². The molecule has 0 spiro atoms. The zero-order valence-electron chi connectivity index (χ0n) is 11.5. The smallest absolute Gasteiger partial charge is 0.326 e. The summed E-state index contributed by atoms with van der Waals surface area (Å²) in [6.45, 7) is 2.05. The molecule has 0 bridgehead atoms. The number of nitrogens with one attached hydrogen (secondary N) is 1. The molecule has 1 aliphatic carbocycles. The van der Waals surface area contributed by atoms with Crippen molar-refractivity contribution in [3.05, 3.63) is 0 Å². The van der Waals surface area contributed by atoms with E-state index in [0.29, 0.717) is 6.54 Å². The average Bonchev–Trinajstić information content (AvgIpc) is 3.15. The Hall–Kier alpha value is -1.79. The molecule has 0 heterocycles. The van der Waals surface area contributed by atoms with Gasteiger partial charge in [0.15, 0.2) is 0 Å². The molecule has 1 atom stereocenters. The molecule has 0 saturated heterocycles. The van der Waals surface area contributed by atoms with E-state index in [9.17, 15) is 14.4 Å². The molecule has 19 heavy (non-hydrogen) atoms. The van der Waals surface area contributed by atoms with Crippen LogP contribution < -0.4 is 5.32 Å². The van der Waals surface area contributed by atoms with Crippen molar-refractivity contribution in [2.75, 3.05) is 27.2 Å². The predicted octanol–water partition coefficient (Wildman–Crippen LogP) is -0.0307. The minimum absolute atomic E-state index is 0.0182. The Bertz CT molecular complexity index is 366. The molecular weight excluding hydrogens is 250 g/mol. The highest BCUT2D eigenvalue weighted by Gasteiger charge is 2.38. The first-order valence-corrected chi connectivity index (χ1v) is 6.35. The van der Waals surface area contributed by atoms with E-state index in [-0.39, 0.29) is 18.4 Å². The molecule has 1 unspecified atom stereocenters. The Morgan fingerprint density at radius 2 is 1.89 bits per heavy atom. The lowest BCUT2D eigenvalue weighted by atomic mass is 10.2. The number of hydrogen-bond acceptors (Lipinski definition) is 3. The van der Waals surface area contributed by atoms with Gasteiger partial charge < -0.3 is 20.2 Å². The fraction of sp³-hybridized carbons (Fsp3) is 0.750. The summed E-state index contributed by atoms with van der Waals surface area (Å²) in [5, 5.41) is 11.5. The molecule has 0 radical (unpaired) electrons. The molecule has 0 aromatic rings. The Balaban J connectivity index is 2.57. The topological polar surface area (TPSA) is 90.0 Å². The molecule has 0 aliphatic heterocycles. The second-order valence-electron chi connectivity index (χ2n) is 4.91. The molecule has 1 aliphatic rings. The third kappa shape index (κ3) is 4.42. The number of likely N-dealkylation sites (N-methyl/N-ethyl adjacent to an activating group) is 2. The fourth-order valence-corrected chi connectivity index (χ4v) is 1.67. The van der Waals surface area contributed by atoms with Crippen LogP contribution in [0.4, 0.5) is 4.79 Å². The number of carbonyl (C=O) groups is 3. The van der Waals surface area contributed by atoms with Gasteiger partial charge in [-0.3, -0.25) is 4.79 Å². The molecule has 1 saturated carbocycles. The number of hydrogen-bond donors (Lipinski definition) is 2. The van der Waals surface area contributed by atoms with Gasteiger partial charge in [-0.2, -0.15) is 0 Å². The van der Waals surface area contributed by atoms with Gasteiger partial charge in [-0.15, -0.1) is 0 Å². The number of aliphatic carboxylic acids is 1. The lowest BCUT2D eigenvalue weighted by Gasteiger charge is -2.24. The number of nitrogens with zero attached hydrogens (tertiary/aromatic N) is 2. The zero-order chi connectivity index (χ0) is 14.6. The van der Waals surface area contributed by atoms with E-state index in [1.165, 1.54) is 9.80 Å². The maximum atomic E-state index is 12.0. The summed E-state index contributed by atoms with van der Waals surface area (Å²) in [4.78, 5) is 37.3. The van der Waals surface area contributed by atoms with Gasteiger partial charge in [0, 0.05) is 20.6 Å². The Kier molecular flexibility index (Phi) is 5.14. The second-order valence-corrected chi connectivity index (χ2v) is 4.91. The first-order valence-electron chi connectivity index (χ1n) is 6.35. The van der Waals surface area contributed by atoms with Crippen LogP contribution in [-0.4, -0.2) is 66.0 Å². The van der Waals surface area contributed by atoms with E-state index in [1.54, 1.807) is 21.0 Å². The highest BCUT2D eigenvalue weighted by atomic mass is 16.4. The molecule has 7 nitrogen and oxygen atoms in total. The van der Waals surface area contributed by atoms with Gasteiger partial charge in [-0.1, -0.05) is 0 Å². The summed E-state index contributed by atoms with van der Waals surface area (Å²) in [5.74, 6) is -1.20. The zero-order valence-corrected chi connectivity index (χ0v) is 11.5. The standard InChI is InChI=1S/C12H21N3O4/c1-4-15(7-9(16)14(2)3)12(19)13-10(11(17)18)8-5-6-8/h8,10H,4-7H2,1-3H3,(H,13,19)(H,17,18). The van der Waals surface area contributed by atoms with E-state index >= 15 is 0 Å². The number of carboxylic acid groups (broad SMARTS) is 1. The van der Waals surface area contributed by atoms with Crippen LogP contribution in [-0.2, 0) is 9.59 Å². The molecular formula is C12H21N3O4. The van der Waals surface area contributed by atoms with E-state index in [0.717, 1.165) is 12.8 Å². The Labute approximate surface area is 112 Å². The third-order valence-electron chi connectivity index (χ3n) is 3.13. The van der Waals surface area contributed by atoms with Crippen molar-refractivity contribution in [3.8, 4) is 0 Å². The number of carbonyl (C=O) groups excluding carboxylic acids is 2. The maximum Gasteiger partial charge on any atom is 0.326 e. The first-order chi connectivity index (χ1) is 8.86. The number of urea groups is 1. The Morgan fingerprint density at radius 1 is 1.32 bits per heavy atom. The summed E-state index contributed by atoms with van der Waals surface area (Å²) in [6.07, 6.45) is 1.64. The third-order valence-corrected chi connectivity index (χ3v) is 3.13. The summed E-state index contributed by atoms with van der Waals surface area (Å²) < 4.78 is 0. The van der Waals surface area contributed by atoms with Gasteiger partial charge in [0.1, 0.15) is 12.6 Å². The van der Waals surface area contributed by atoms with Crippen molar-refractivity contribution in [3.63, 3.8) is 0 Å². The van der Waals surface area contributed by atoms with Gasteiger partial charge in [-0.25, -0.2) is 9.59 Å². The van der Waals surface area contributed by atoms with Crippen LogP contribution >= 0.6 is 0 Å². The molecule has 7 heteroatoms. The monoisotopic (exact) mass is 271 g/mol. The van der Waals surface area contributed by atoms with Crippen molar-refractivity contribution in [2.45, 2.75) is 25.8 Å². The summed E-state index contributed by atoms with van der Waals surface area (Å²) >= 11 is 0. The highest BCUT2D eigenvalue weighted by Crippen LogP contribution is 2.32. The lowest BCUT2D eigenvalue weighted by Crippen LogP contribution is -2.51. The number of amides is 3. The predicted molar refractivity (Wildman–Crippen MR) is 68.6 cm³/mol. The largest absolute Gasteiger partial charge is 0.480 e. The fourth-order valence-electron chi connectivity index (χ4n) is 1.67. The van der Waals surface area contributed by atoms with Gasteiger partial charge in [0.2, 0.25) is 5.91 Å². The van der Waals surface area contributed by atoms with Crippen LogP contribution in [0.2, 0.25) is 0 Å². The minimum Gasteiger partial charge on any atom is -0.480 e. The number of rotatable bonds is 6. The molecule has 1 fully saturated rings. The van der Waals surface area contributed by atoms with Crippen molar-refractivity contribution >= 4 is 17.9 Å². The van der Waals surface area contributed by atoms with E-state index < -0.39 is 18.0 Å². The summed E-state index contributed by atoms with van der Waals surface area (Å²) in [6, 6.07) is -1.35. The van der Waals surface area contributed by atoms with Crippen molar-refractivity contribution in [1.82, 2.24) is 15.1 Å². The van der Waals surface area contributed by atoms with Crippen molar-refractivity contribution < 1.29 is 19.5 Å². The van der Waals surface area contributed by atoms with Crippen LogP contribution in [0.1, 0.15) is 19.8 Å². The van der Waals surface area contributed by atoms with Crippen LogP contribution in [0.25, 0.3) is 0 Å². The number of carboxylic acids is 1. The summed E-state index contributed by atoms with van der Waals surface area (Å²) in [7, 11) is 3.22. The van der Waals surface area contributed by atoms with Gasteiger partial charge in [-0.05, 0) is 25.7 Å². The van der Waals surface area contributed by atoms with Crippen LogP contribution in [0, 0.1) is 5.92 Å². The van der Waals surface area contributed by atoms with E-state index in [1.807, 2.05) is 0 Å². The quantitative estimate of drug-likeness (QED) is 0.710. The van der Waals surface area contributed by atoms with Gasteiger partial charge in [0.05, 0.1) is 0 Å². The maximum absolute atomic E-state index is 12.0. The minimum atomic E-state index is -1.02. The SMILES string of the molecule is CCN(CC(=O)N(C)C)C(=O)NC(C(=O)O)C1CC1. The Morgan fingerprint density at radius 3 is 2.26 bits per heavy atom. The van der Waals surface area contributed by atoms with Crippen LogP contribution in [0.5, 0.6) is 0 Å². The molecule has 2 N–H and O–H groups in total. The normalized spacial score (nSPS) is 15.5. The lowest BCUT2D eigenvalue weighted by molar-refractivity contribution is -0.139. The molecule has 0 aromatic heterocycles. The van der Waals surface area contributed by atoms with Gasteiger partial charge in [0.25, 0.3) is 0 Å². The first kappa shape index (κ1) is 15.3. The van der Waals surface area contributed by atoms with E-state index in [2.05, 4.69) is 5.32 Å². The van der Waals surface area contributed by atoms with Gasteiger partial charge >= 0.3 is 12.0 Å². The average molecular weight is 271 g/mol. The second kappa shape index (κ2) is 6.40. The molecule has 0 aromatic carbocycles. The molecule has 1 rings (SSSR count). The van der Waals surface area contributed by atoms with Crippen molar-refractivity contribution in [1.29, 1.82) is 0 Å².